The number of hydrogen-bond acceptors (Lipinski definition) is 5. The molecular formula is C14H19N3O2S2. The highest BCUT2D eigenvalue weighted by molar-refractivity contribution is 8.02. The Bertz CT molecular complexity index is 543. The minimum atomic E-state index is -0.189. The molecule has 21 heavy (non-hydrogen) atoms. The van der Waals surface area contributed by atoms with Crippen molar-refractivity contribution in [3.05, 3.63) is 23.9 Å². The van der Waals surface area contributed by atoms with E-state index in [0.29, 0.717) is 29.5 Å². The quantitative estimate of drug-likeness (QED) is 0.850. The van der Waals surface area contributed by atoms with Crippen LogP contribution in [0.3, 0.4) is 0 Å². The van der Waals surface area contributed by atoms with Gasteiger partial charge in [-0.15, -0.1) is 0 Å². The molecule has 0 aliphatic carbocycles. The summed E-state index contributed by atoms with van der Waals surface area (Å²) in [7, 11) is 1.51. The van der Waals surface area contributed by atoms with Crippen molar-refractivity contribution in [2.75, 3.05) is 26.5 Å². The maximum Gasteiger partial charge on any atom is 0.259 e. The largest absolute Gasteiger partial charge is 0.480 e. The van der Waals surface area contributed by atoms with Crippen molar-refractivity contribution >= 4 is 34.9 Å². The average Bonchev–Trinajstić information content (AvgIpc) is 2.54. The monoisotopic (exact) mass is 325 g/mol. The number of pyridine rings is 1. The molecular weight excluding hydrogens is 306 g/mol. The van der Waals surface area contributed by atoms with Crippen LogP contribution in [-0.4, -0.2) is 52.0 Å². The van der Waals surface area contributed by atoms with E-state index in [9.17, 15) is 4.79 Å². The molecule has 1 amide bonds. The van der Waals surface area contributed by atoms with Crippen LogP contribution in [-0.2, 0) is 0 Å². The van der Waals surface area contributed by atoms with E-state index in [1.807, 2.05) is 11.2 Å². The lowest BCUT2D eigenvalue weighted by atomic mass is 9.95. The van der Waals surface area contributed by atoms with Crippen LogP contribution in [0.15, 0.2) is 18.3 Å². The number of methoxy groups -OCH3 is 1. The van der Waals surface area contributed by atoms with Gasteiger partial charge >= 0.3 is 0 Å². The Kier molecular flexibility index (Phi) is 5.05. The van der Waals surface area contributed by atoms with Crippen molar-refractivity contribution in [3.8, 4) is 5.88 Å². The van der Waals surface area contributed by atoms with Gasteiger partial charge in [0.15, 0.2) is 0 Å². The standard InChI is InChI=1S/C14H19N3O2S2/c1-19-11-10(4-3-7-16-11)12(18)17-8-5-14(21-2,6-9-17)13(15)20/h3-4,7H,5-6,8-9H2,1-2H3,(H2,15,20). The molecule has 2 N–H and O–H groups in total. The number of hydrogen-bond donors (Lipinski definition) is 1. The normalized spacial score (nSPS) is 17.3. The number of aromatic nitrogens is 1. The number of likely N-dealkylation sites (tertiary alicyclic amines) is 1. The number of nitrogens with zero attached hydrogens (tertiary/aromatic N) is 2. The molecule has 1 saturated heterocycles. The molecule has 114 valence electrons. The zero-order chi connectivity index (χ0) is 15.5. The Morgan fingerprint density at radius 1 is 1.52 bits per heavy atom. The van der Waals surface area contributed by atoms with Crippen LogP contribution in [0, 0.1) is 0 Å². The van der Waals surface area contributed by atoms with E-state index in [1.165, 1.54) is 7.11 Å². The minimum Gasteiger partial charge on any atom is -0.480 e. The van der Waals surface area contributed by atoms with Crippen LogP contribution in [0.1, 0.15) is 23.2 Å². The van der Waals surface area contributed by atoms with Crippen LogP contribution in [0.2, 0.25) is 0 Å². The highest BCUT2D eigenvalue weighted by Crippen LogP contribution is 2.35. The van der Waals surface area contributed by atoms with Crippen LogP contribution in [0.25, 0.3) is 0 Å². The Morgan fingerprint density at radius 3 is 2.71 bits per heavy atom. The van der Waals surface area contributed by atoms with Gasteiger partial charge in [-0.1, -0.05) is 12.2 Å². The van der Waals surface area contributed by atoms with Gasteiger partial charge in [-0.25, -0.2) is 4.98 Å². The minimum absolute atomic E-state index is 0.0578. The Labute approximate surface area is 134 Å². The van der Waals surface area contributed by atoms with Crippen molar-refractivity contribution in [1.82, 2.24) is 9.88 Å². The predicted octanol–water partition coefficient (Wildman–Crippen LogP) is 1.71. The average molecular weight is 325 g/mol. The molecule has 1 aliphatic rings. The summed E-state index contributed by atoms with van der Waals surface area (Å²) in [5, 5.41) is 0. The van der Waals surface area contributed by atoms with E-state index >= 15 is 0 Å². The number of amides is 1. The first-order valence-electron chi connectivity index (χ1n) is 6.67. The second kappa shape index (κ2) is 6.62. The first kappa shape index (κ1) is 16.0. The summed E-state index contributed by atoms with van der Waals surface area (Å²) >= 11 is 6.86. The Balaban J connectivity index is 2.12. The maximum absolute atomic E-state index is 12.6. The van der Waals surface area contributed by atoms with Gasteiger partial charge in [0, 0.05) is 19.3 Å². The molecule has 1 aliphatic heterocycles. The van der Waals surface area contributed by atoms with E-state index < -0.39 is 0 Å². The number of nitrogens with two attached hydrogens (primary N) is 1. The summed E-state index contributed by atoms with van der Waals surface area (Å²) < 4.78 is 4.96. The summed E-state index contributed by atoms with van der Waals surface area (Å²) in [6.45, 7) is 1.27. The van der Waals surface area contributed by atoms with Gasteiger partial charge in [-0.3, -0.25) is 4.79 Å². The molecule has 1 aromatic heterocycles. The lowest BCUT2D eigenvalue weighted by molar-refractivity contribution is 0.0714. The summed E-state index contributed by atoms with van der Waals surface area (Å²) in [6.07, 6.45) is 5.17. The Morgan fingerprint density at radius 2 is 2.19 bits per heavy atom. The fourth-order valence-corrected chi connectivity index (χ4v) is 3.75. The fourth-order valence-electron chi connectivity index (χ4n) is 2.51. The van der Waals surface area contributed by atoms with Gasteiger partial charge in [0.05, 0.1) is 16.8 Å². The number of thioether (sulfide) groups is 1. The molecule has 0 radical (unpaired) electrons. The number of carbonyl (C=O) groups excluding carboxylic acids is 1. The highest BCUT2D eigenvalue weighted by Gasteiger charge is 2.38. The molecule has 7 heteroatoms. The van der Waals surface area contributed by atoms with Crippen LogP contribution in [0.5, 0.6) is 5.88 Å². The molecule has 2 heterocycles. The van der Waals surface area contributed by atoms with Gasteiger partial charge < -0.3 is 15.4 Å². The molecule has 0 atom stereocenters. The molecule has 2 rings (SSSR count). The summed E-state index contributed by atoms with van der Waals surface area (Å²) in [5.74, 6) is 0.302. The highest BCUT2D eigenvalue weighted by atomic mass is 32.2. The Hall–Kier alpha value is -1.34. The van der Waals surface area contributed by atoms with Gasteiger partial charge in [-0.2, -0.15) is 11.8 Å². The van der Waals surface area contributed by atoms with E-state index in [1.54, 1.807) is 30.1 Å². The molecule has 1 fully saturated rings. The van der Waals surface area contributed by atoms with E-state index in [-0.39, 0.29) is 10.7 Å². The first-order valence-corrected chi connectivity index (χ1v) is 8.30. The SMILES string of the molecule is COc1ncccc1C(=O)N1CCC(SC)(C(N)=S)CC1. The fraction of sp³-hybridized carbons (Fsp3) is 0.500. The predicted molar refractivity (Wildman–Crippen MR) is 89.0 cm³/mol. The third-order valence-corrected chi connectivity index (χ3v) is 5.82. The molecule has 1 aromatic rings. The zero-order valence-corrected chi connectivity index (χ0v) is 13.8. The van der Waals surface area contributed by atoms with Gasteiger partial charge in [0.1, 0.15) is 5.56 Å². The van der Waals surface area contributed by atoms with E-state index in [2.05, 4.69) is 4.98 Å². The van der Waals surface area contributed by atoms with Crippen molar-refractivity contribution in [2.45, 2.75) is 17.6 Å². The second-order valence-corrected chi connectivity index (χ2v) is 6.54. The molecule has 0 spiro atoms. The zero-order valence-electron chi connectivity index (χ0n) is 12.2. The van der Waals surface area contributed by atoms with Crippen molar-refractivity contribution < 1.29 is 9.53 Å². The molecule has 0 unspecified atom stereocenters. The van der Waals surface area contributed by atoms with Gasteiger partial charge in [-0.05, 0) is 31.2 Å². The third kappa shape index (κ3) is 3.13. The van der Waals surface area contributed by atoms with E-state index in [0.717, 1.165) is 12.8 Å². The number of ether oxygens (including phenoxy) is 1. The van der Waals surface area contributed by atoms with Gasteiger partial charge in [0.25, 0.3) is 5.91 Å². The third-order valence-electron chi connectivity index (χ3n) is 3.89. The number of thiocarbonyl (C=S) groups is 1. The smallest absolute Gasteiger partial charge is 0.259 e. The molecule has 0 bridgehead atoms. The van der Waals surface area contributed by atoms with Crippen molar-refractivity contribution in [2.24, 2.45) is 5.73 Å². The number of rotatable bonds is 4. The summed E-state index contributed by atoms with van der Waals surface area (Å²) in [6, 6.07) is 3.47. The van der Waals surface area contributed by atoms with Crippen LogP contribution < -0.4 is 10.5 Å². The van der Waals surface area contributed by atoms with Crippen molar-refractivity contribution in [3.63, 3.8) is 0 Å². The topological polar surface area (TPSA) is 68.5 Å². The number of piperidine rings is 1. The van der Waals surface area contributed by atoms with Crippen molar-refractivity contribution in [1.29, 1.82) is 0 Å². The lowest BCUT2D eigenvalue weighted by Crippen LogP contribution is -2.50. The molecule has 5 nitrogen and oxygen atoms in total. The molecule has 0 aromatic carbocycles. The second-order valence-electron chi connectivity index (χ2n) is 4.92. The van der Waals surface area contributed by atoms with E-state index in [4.69, 9.17) is 22.7 Å². The molecule has 0 saturated carbocycles. The van der Waals surface area contributed by atoms with Crippen LogP contribution in [0.4, 0.5) is 0 Å². The van der Waals surface area contributed by atoms with Crippen LogP contribution >= 0.6 is 24.0 Å². The number of carbonyl (C=O) groups is 1. The summed E-state index contributed by atoms with van der Waals surface area (Å²) in [4.78, 5) is 19.0. The maximum atomic E-state index is 12.6. The van der Waals surface area contributed by atoms with Gasteiger partial charge in [0.2, 0.25) is 5.88 Å². The summed E-state index contributed by atoms with van der Waals surface area (Å²) in [5.41, 5.74) is 6.36. The lowest BCUT2D eigenvalue weighted by Gasteiger charge is -2.40. The first-order chi connectivity index (χ1) is 10.0.